The van der Waals surface area contributed by atoms with Gasteiger partial charge in [0.1, 0.15) is 4.83 Å². The van der Waals surface area contributed by atoms with Crippen LogP contribution in [0.2, 0.25) is 0 Å². The van der Waals surface area contributed by atoms with E-state index in [1.54, 1.807) is 6.92 Å². The lowest BCUT2D eigenvalue weighted by Gasteiger charge is -2.22. The van der Waals surface area contributed by atoms with Crippen LogP contribution in [0.15, 0.2) is 12.1 Å². The Balaban J connectivity index is 2.07. The number of hydrogen-bond acceptors (Lipinski definition) is 3. The molecule has 0 saturated carbocycles. The molecular weight excluding hydrogens is 242 g/mol. The van der Waals surface area contributed by atoms with E-state index in [1.807, 2.05) is 6.07 Å². The van der Waals surface area contributed by atoms with Gasteiger partial charge >= 0.3 is 0 Å². The smallest absolute Gasteiger partial charge is 0.169 e. The van der Waals surface area contributed by atoms with Crippen LogP contribution in [0.3, 0.4) is 0 Å². The number of ketones is 1. The van der Waals surface area contributed by atoms with Gasteiger partial charge in [0.15, 0.2) is 5.78 Å². The molecule has 0 saturated heterocycles. The van der Waals surface area contributed by atoms with Gasteiger partial charge in [0.2, 0.25) is 0 Å². The Hall–Kier alpha value is -1.22. The SMILES string of the molecule is CCC1CCc2nc3sc(C(C)=O)cc3cc2C1. The molecule has 18 heavy (non-hydrogen) atoms. The molecule has 94 valence electrons. The number of aryl methyl sites for hydroxylation is 1. The molecular formula is C15H17NOS. The average molecular weight is 259 g/mol. The molecule has 2 nitrogen and oxygen atoms in total. The summed E-state index contributed by atoms with van der Waals surface area (Å²) in [6.07, 6.45) is 4.75. The molecule has 0 radical (unpaired) electrons. The van der Waals surface area contributed by atoms with Crippen molar-refractivity contribution in [2.45, 2.75) is 39.5 Å². The minimum Gasteiger partial charge on any atom is -0.294 e. The van der Waals surface area contributed by atoms with Crippen molar-refractivity contribution in [3.05, 3.63) is 28.3 Å². The van der Waals surface area contributed by atoms with Crippen molar-refractivity contribution < 1.29 is 4.79 Å². The molecule has 0 fully saturated rings. The van der Waals surface area contributed by atoms with Gasteiger partial charge in [0, 0.05) is 11.1 Å². The van der Waals surface area contributed by atoms with Crippen molar-refractivity contribution in [2.75, 3.05) is 0 Å². The number of carbonyl (C=O) groups is 1. The summed E-state index contributed by atoms with van der Waals surface area (Å²) in [5.41, 5.74) is 2.65. The van der Waals surface area contributed by atoms with Crippen molar-refractivity contribution >= 4 is 27.3 Å². The fourth-order valence-electron chi connectivity index (χ4n) is 2.72. The third-order valence-electron chi connectivity index (χ3n) is 3.90. The number of aromatic nitrogens is 1. The maximum absolute atomic E-state index is 11.4. The van der Waals surface area contributed by atoms with E-state index in [2.05, 4.69) is 13.0 Å². The maximum atomic E-state index is 11.4. The van der Waals surface area contributed by atoms with E-state index in [9.17, 15) is 4.79 Å². The quantitative estimate of drug-likeness (QED) is 0.763. The molecule has 1 atom stereocenters. The Morgan fingerprint density at radius 3 is 3.06 bits per heavy atom. The van der Waals surface area contributed by atoms with Crippen LogP contribution in [0.5, 0.6) is 0 Å². The number of Topliss-reactive ketones (excluding diaryl/α,β-unsaturated/α-hetero) is 1. The fraction of sp³-hybridized carbons (Fsp3) is 0.467. The summed E-state index contributed by atoms with van der Waals surface area (Å²) < 4.78 is 0. The van der Waals surface area contributed by atoms with Crippen molar-refractivity contribution in [1.29, 1.82) is 0 Å². The maximum Gasteiger partial charge on any atom is 0.169 e. The van der Waals surface area contributed by atoms with Crippen LogP contribution in [0, 0.1) is 5.92 Å². The van der Waals surface area contributed by atoms with E-state index in [-0.39, 0.29) is 5.78 Å². The lowest BCUT2D eigenvalue weighted by Crippen LogP contribution is -2.14. The van der Waals surface area contributed by atoms with Crippen molar-refractivity contribution in [2.24, 2.45) is 5.92 Å². The summed E-state index contributed by atoms with van der Waals surface area (Å²) in [5, 5.41) is 1.14. The second kappa shape index (κ2) is 4.47. The first kappa shape index (κ1) is 11.8. The monoisotopic (exact) mass is 259 g/mol. The van der Waals surface area contributed by atoms with Crippen LogP contribution in [0.1, 0.15) is 47.6 Å². The first-order chi connectivity index (χ1) is 8.67. The van der Waals surface area contributed by atoms with Crippen LogP contribution in [-0.2, 0) is 12.8 Å². The van der Waals surface area contributed by atoms with Gasteiger partial charge in [0.25, 0.3) is 0 Å². The predicted octanol–water partition coefficient (Wildman–Crippen LogP) is 4.01. The number of carbonyl (C=O) groups excluding carboxylic acids is 1. The Labute approximate surface area is 111 Å². The molecule has 0 spiro atoms. The average Bonchev–Trinajstić information content (AvgIpc) is 2.78. The van der Waals surface area contributed by atoms with Crippen LogP contribution in [-0.4, -0.2) is 10.8 Å². The zero-order valence-corrected chi connectivity index (χ0v) is 11.6. The molecule has 1 aliphatic rings. The summed E-state index contributed by atoms with van der Waals surface area (Å²) in [6, 6.07) is 4.24. The standard InChI is InChI=1S/C15H17NOS/c1-3-10-4-5-13-11(6-10)7-12-8-14(9(2)17)18-15(12)16-13/h7-8,10H,3-6H2,1-2H3. The van der Waals surface area contributed by atoms with Crippen molar-refractivity contribution in [1.82, 2.24) is 4.98 Å². The van der Waals surface area contributed by atoms with E-state index in [0.717, 1.165) is 33.9 Å². The van der Waals surface area contributed by atoms with Crippen molar-refractivity contribution in [3.8, 4) is 0 Å². The number of nitrogens with zero attached hydrogens (tertiary/aromatic N) is 1. The first-order valence-corrected chi connectivity index (χ1v) is 7.42. The van der Waals surface area contributed by atoms with Gasteiger partial charge in [-0.05, 0) is 49.8 Å². The highest BCUT2D eigenvalue weighted by molar-refractivity contribution is 7.20. The van der Waals surface area contributed by atoms with Gasteiger partial charge in [-0.2, -0.15) is 0 Å². The topological polar surface area (TPSA) is 30.0 Å². The second-order valence-corrected chi connectivity index (χ2v) is 6.20. The van der Waals surface area contributed by atoms with Crippen LogP contribution in [0.25, 0.3) is 10.2 Å². The van der Waals surface area contributed by atoms with Crippen LogP contribution >= 0.6 is 11.3 Å². The van der Waals surface area contributed by atoms with Crippen LogP contribution < -0.4 is 0 Å². The molecule has 0 amide bonds. The van der Waals surface area contributed by atoms with E-state index in [4.69, 9.17) is 4.98 Å². The summed E-state index contributed by atoms with van der Waals surface area (Å²) >= 11 is 1.52. The Morgan fingerprint density at radius 1 is 1.50 bits per heavy atom. The first-order valence-electron chi connectivity index (χ1n) is 6.60. The number of hydrogen-bond donors (Lipinski definition) is 0. The minimum absolute atomic E-state index is 0.141. The lowest BCUT2D eigenvalue weighted by atomic mass is 9.85. The van der Waals surface area contributed by atoms with E-state index >= 15 is 0 Å². The molecule has 0 N–H and O–H groups in total. The third-order valence-corrected chi connectivity index (χ3v) is 5.04. The Bertz CT molecular complexity index is 614. The zero-order chi connectivity index (χ0) is 12.7. The Morgan fingerprint density at radius 2 is 2.33 bits per heavy atom. The third kappa shape index (κ3) is 1.97. The van der Waals surface area contributed by atoms with Gasteiger partial charge in [0.05, 0.1) is 4.88 Å². The molecule has 0 aromatic carbocycles. The second-order valence-electron chi connectivity index (χ2n) is 5.17. The molecule has 0 aliphatic heterocycles. The highest BCUT2D eigenvalue weighted by Gasteiger charge is 2.20. The van der Waals surface area contributed by atoms with Crippen LogP contribution in [0.4, 0.5) is 0 Å². The fourth-order valence-corrected chi connectivity index (χ4v) is 3.65. The molecule has 1 unspecified atom stereocenters. The molecule has 1 aliphatic carbocycles. The molecule has 3 heteroatoms. The largest absolute Gasteiger partial charge is 0.294 e. The summed E-state index contributed by atoms with van der Waals surface area (Å²) in [6.45, 7) is 3.89. The number of rotatable bonds is 2. The normalized spacial score (nSPS) is 18.9. The Kier molecular flexibility index (Phi) is 2.94. The molecule has 2 aromatic rings. The predicted molar refractivity (Wildman–Crippen MR) is 75.4 cm³/mol. The van der Waals surface area contributed by atoms with Gasteiger partial charge < -0.3 is 0 Å². The van der Waals surface area contributed by atoms with Gasteiger partial charge in [-0.15, -0.1) is 11.3 Å². The van der Waals surface area contributed by atoms with Gasteiger partial charge in [-0.1, -0.05) is 13.3 Å². The van der Waals surface area contributed by atoms with Crippen molar-refractivity contribution in [3.63, 3.8) is 0 Å². The summed E-state index contributed by atoms with van der Waals surface area (Å²) in [4.78, 5) is 18.0. The molecule has 2 heterocycles. The zero-order valence-electron chi connectivity index (χ0n) is 10.8. The summed E-state index contributed by atoms with van der Waals surface area (Å²) in [7, 11) is 0. The highest BCUT2D eigenvalue weighted by Crippen LogP contribution is 2.32. The molecule has 3 rings (SSSR count). The number of thiophene rings is 1. The summed E-state index contributed by atoms with van der Waals surface area (Å²) in [5.74, 6) is 0.949. The number of pyridine rings is 1. The van der Waals surface area contributed by atoms with E-state index < -0.39 is 0 Å². The number of fused-ring (bicyclic) bond motifs is 2. The van der Waals surface area contributed by atoms with E-state index in [0.29, 0.717) is 0 Å². The van der Waals surface area contributed by atoms with Gasteiger partial charge in [-0.3, -0.25) is 4.79 Å². The van der Waals surface area contributed by atoms with E-state index in [1.165, 1.54) is 35.4 Å². The highest BCUT2D eigenvalue weighted by atomic mass is 32.1. The minimum atomic E-state index is 0.141. The van der Waals surface area contributed by atoms with Gasteiger partial charge in [-0.25, -0.2) is 4.98 Å². The molecule has 0 bridgehead atoms. The molecule has 2 aromatic heterocycles. The lowest BCUT2D eigenvalue weighted by molar-refractivity contribution is 0.102.